The van der Waals surface area contributed by atoms with Crippen molar-refractivity contribution in [2.24, 2.45) is 5.73 Å². The smallest absolute Gasteiger partial charge is 0.266 e. The minimum absolute atomic E-state index is 0. The van der Waals surface area contributed by atoms with Gasteiger partial charge in [-0.2, -0.15) is 0 Å². The molecule has 1 aromatic carbocycles. The van der Waals surface area contributed by atoms with Gasteiger partial charge in [0.2, 0.25) is 6.79 Å². The minimum Gasteiger partial charge on any atom is -0.454 e. The zero-order valence-corrected chi connectivity index (χ0v) is 13.4. The molecule has 21 heavy (non-hydrogen) atoms. The lowest BCUT2D eigenvalue weighted by Crippen LogP contribution is -2.32. The van der Waals surface area contributed by atoms with Gasteiger partial charge < -0.3 is 15.2 Å². The third kappa shape index (κ3) is 3.16. The monoisotopic (exact) mass is 344 g/mol. The molecule has 0 saturated carbocycles. The number of thiocarbonyl (C=S) groups is 1. The molecular formula is C13H13ClN2O3S2. The number of benzene rings is 1. The van der Waals surface area contributed by atoms with Crippen molar-refractivity contribution in [2.45, 2.75) is 0 Å². The van der Waals surface area contributed by atoms with Gasteiger partial charge in [0.05, 0.1) is 4.91 Å². The summed E-state index contributed by atoms with van der Waals surface area (Å²) >= 11 is 6.47. The van der Waals surface area contributed by atoms with Crippen molar-refractivity contribution in [1.82, 2.24) is 4.90 Å². The SMILES string of the molecule is Cl.NCCN1C(=O)/C(=C/c2ccc3c(c2)OCO3)SC1=S. The highest BCUT2D eigenvalue weighted by molar-refractivity contribution is 8.26. The Morgan fingerprint density at radius 2 is 2.14 bits per heavy atom. The predicted molar refractivity (Wildman–Crippen MR) is 88.7 cm³/mol. The van der Waals surface area contributed by atoms with E-state index in [9.17, 15) is 4.79 Å². The Morgan fingerprint density at radius 1 is 1.38 bits per heavy atom. The fourth-order valence-electron chi connectivity index (χ4n) is 1.98. The van der Waals surface area contributed by atoms with Gasteiger partial charge in [0.1, 0.15) is 4.32 Å². The number of nitrogens with two attached hydrogens (primary N) is 1. The van der Waals surface area contributed by atoms with Crippen molar-refractivity contribution >= 4 is 52.7 Å². The first-order valence-electron chi connectivity index (χ1n) is 6.04. The third-order valence-corrected chi connectivity index (χ3v) is 4.30. The maximum Gasteiger partial charge on any atom is 0.266 e. The number of rotatable bonds is 3. The Balaban J connectivity index is 0.00000161. The summed E-state index contributed by atoms with van der Waals surface area (Å²) in [4.78, 5) is 14.3. The summed E-state index contributed by atoms with van der Waals surface area (Å²) in [6.07, 6.45) is 1.80. The molecule has 0 atom stereocenters. The summed E-state index contributed by atoms with van der Waals surface area (Å²) in [6.45, 7) is 1.07. The number of hydrogen-bond acceptors (Lipinski definition) is 6. The summed E-state index contributed by atoms with van der Waals surface area (Å²) in [5, 5.41) is 0. The molecule has 0 bridgehead atoms. The Morgan fingerprint density at radius 3 is 2.90 bits per heavy atom. The second kappa shape index (κ2) is 6.65. The molecule has 112 valence electrons. The number of halogens is 1. The van der Waals surface area contributed by atoms with Crippen LogP contribution < -0.4 is 15.2 Å². The highest BCUT2D eigenvalue weighted by Crippen LogP contribution is 2.36. The molecule has 1 saturated heterocycles. The van der Waals surface area contributed by atoms with Crippen LogP contribution in [0.3, 0.4) is 0 Å². The zero-order chi connectivity index (χ0) is 14.1. The molecule has 8 heteroatoms. The zero-order valence-electron chi connectivity index (χ0n) is 10.9. The number of carbonyl (C=O) groups excluding carboxylic acids is 1. The molecule has 3 rings (SSSR count). The van der Waals surface area contributed by atoms with E-state index >= 15 is 0 Å². The quantitative estimate of drug-likeness (QED) is 0.668. The molecule has 2 heterocycles. The molecule has 0 radical (unpaired) electrons. The van der Waals surface area contributed by atoms with Gasteiger partial charge in [0.15, 0.2) is 11.5 Å². The van der Waals surface area contributed by atoms with Crippen LogP contribution in [0.5, 0.6) is 11.5 Å². The Hall–Kier alpha value is -1.28. The Kier molecular flexibility index (Phi) is 5.10. The van der Waals surface area contributed by atoms with Crippen LogP contribution in [0.25, 0.3) is 6.08 Å². The average molecular weight is 345 g/mol. The molecule has 0 aromatic heterocycles. The largest absolute Gasteiger partial charge is 0.454 e. The summed E-state index contributed by atoms with van der Waals surface area (Å²) < 4.78 is 11.1. The highest BCUT2D eigenvalue weighted by atomic mass is 35.5. The summed E-state index contributed by atoms with van der Waals surface area (Å²) in [7, 11) is 0. The Labute approximate surface area is 137 Å². The lowest BCUT2D eigenvalue weighted by atomic mass is 10.2. The van der Waals surface area contributed by atoms with Crippen molar-refractivity contribution < 1.29 is 14.3 Å². The molecule has 1 amide bonds. The first-order valence-corrected chi connectivity index (χ1v) is 7.26. The van der Waals surface area contributed by atoms with Gasteiger partial charge in [0.25, 0.3) is 5.91 Å². The number of hydrogen-bond donors (Lipinski definition) is 1. The normalized spacial score (nSPS) is 18.3. The van der Waals surface area contributed by atoms with Gasteiger partial charge in [-0.1, -0.05) is 30.0 Å². The predicted octanol–water partition coefficient (Wildman–Crippen LogP) is 2.00. The van der Waals surface area contributed by atoms with Crippen molar-refractivity contribution in [1.29, 1.82) is 0 Å². The first-order chi connectivity index (χ1) is 9.69. The van der Waals surface area contributed by atoms with Gasteiger partial charge in [-0.15, -0.1) is 12.4 Å². The third-order valence-electron chi connectivity index (χ3n) is 2.92. The van der Waals surface area contributed by atoms with Crippen molar-refractivity contribution in [3.8, 4) is 11.5 Å². The van der Waals surface area contributed by atoms with Crippen LogP contribution >= 0.6 is 36.4 Å². The second-order valence-electron chi connectivity index (χ2n) is 4.23. The van der Waals surface area contributed by atoms with Gasteiger partial charge in [-0.25, -0.2) is 0 Å². The van der Waals surface area contributed by atoms with E-state index in [1.54, 1.807) is 6.08 Å². The number of fused-ring (bicyclic) bond motifs is 1. The van der Waals surface area contributed by atoms with Crippen LogP contribution in [0.2, 0.25) is 0 Å². The number of thioether (sulfide) groups is 1. The van der Waals surface area contributed by atoms with E-state index in [-0.39, 0.29) is 25.1 Å². The van der Waals surface area contributed by atoms with Crippen LogP contribution in [0, 0.1) is 0 Å². The van der Waals surface area contributed by atoms with E-state index in [1.807, 2.05) is 18.2 Å². The lowest BCUT2D eigenvalue weighted by Gasteiger charge is -2.11. The van der Waals surface area contributed by atoms with Gasteiger partial charge >= 0.3 is 0 Å². The van der Waals surface area contributed by atoms with Gasteiger partial charge in [0, 0.05) is 13.1 Å². The summed E-state index contributed by atoms with van der Waals surface area (Å²) in [5.41, 5.74) is 6.36. The summed E-state index contributed by atoms with van der Waals surface area (Å²) in [6, 6.07) is 5.55. The molecule has 1 fully saturated rings. The standard InChI is InChI=1S/C13H12N2O3S2.ClH/c14-3-4-15-12(16)11(20-13(15)19)6-8-1-2-9-10(5-8)18-7-17-9;/h1-2,5-6H,3-4,7,14H2;1H/b11-6-;. The van der Waals surface area contributed by atoms with Crippen LogP contribution in [0.4, 0.5) is 0 Å². The topological polar surface area (TPSA) is 64.8 Å². The maximum absolute atomic E-state index is 12.2. The molecule has 2 N–H and O–H groups in total. The van der Waals surface area contributed by atoms with E-state index in [0.717, 1.165) is 11.3 Å². The number of carbonyl (C=O) groups is 1. The van der Waals surface area contributed by atoms with Crippen molar-refractivity contribution in [2.75, 3.05) is 19.9 Å². The maximum atomic E-state index is 12.2. The lowest BCUT2D eigenvalue weighted by molar-refractivity contribution is -0.122. The van der Waals surface area contributed by atoms with E-state index in [0.29, 0.717) is 28.1 Å². The van der Waals surface area contributed by atoms with Crippen molar-refractivity contribution in [3.05, 3.63) is 28.7 Å². The molecule has 1 aromatic rings. The van der Waals surface area contributed by atoms with E-state index in [1.165, 1.54) is 16.7 Å². The number of ether oxygens (including phenoxy) is 2. The average Bonchev–Trinajstić information content (AvgIpc) is 2.99. The van der Waals surface area contributed by atoms with Crippen LogP contribution in [-0.4, -0.2) is 35.0 Å². The molecule has 2 aliphatic rings. The van der Waals surface area contributed by atoms with Crippen molar-refractivity contribution in [3.63, 3.8) is 0 Å². The Bertz CT molecular complexity index is 621. The van der Waals surface area contributed by atoms with E-state index in [4.69, 9.17) is 27.4 Å². The first kappa shape index (κ1) is 16.1. The molecule has 2 aliphatic heterocycles. The highest BCUT2D eigenvalue weighted by Gasteiger charge is 2.31. The molecule has 5 nitrogen and oxygen atoms in total. The number of amides is 1. The minimum atomic E-state index is -0.0943. The van der Waals surface area contributed by atoms with Gasteiger partial charge in [-0.05, 0) is 23.8 Å². The second-order valence-corrected chi connectivity index (χ2v) is 5.91. The van der Waals surface area contributed by atoms with E-state index in [2.05, 4.69) is 0 Å². The van der Waals surface area contributed by atoms with Crippen LogP contribution in [0.15, 0.2) is 23.1 Å². The van der Waals surface area contributed by atoms with Crippen LogP contribution in [0.1, 0.15) is 5.56 Å². The molecule has 0 unspecified atom stereocenters. The van der Waals surface area contributed by atoms with Gasteiger partial charge in [-0.3, -0.25) is 9.69 Å². The number of nitrogens with zero attached hydrogens (tertiary/aromatic N) is 1. The molecule has 0 aliphatic carbocycles. The molecular weight excluding hydrogens is 332 g/mol. The molecule has 0 spiro atoms. The summed E-state index contributed by atoms with van der Waals surface area (Å²) in [5.74, 6) is 1.32. The van der Waals surface area contributed by atoms with Crippen LogP contribution in [-0.2, 0) is 4.79 Å². The fraction of sp³-hybridized carbons (Fsp3) is 0.231. The van der Waals surface area contributed by atoms with E-state index < -0.39 is 0 Å². The fourth-order valence-corrected chi connectivity index (χ4v) is 3.28.